The van der Waals surface area contributed by atoms with Gasteiger partial charge in [-0.2, -0.15) is 0 Å². The number of carbonyl (C=O) groups is 1. The summed E-state index contributed by atoms with van der Waals surface area (Å²) in [5, 5.41) is 8.28. The number of thioether (sulfide) groups is 1. The fourth-order valence-corrected chi connectivity index (χ4v) is 2.80. The number of aromatic nitrogens is 2. The van der Waals surface area contributed by atoms with Crippen LogP contribution in [0, 0.1) is 0 Å². The summed E-state index contributed by atoms with van der Waals surface area (Å²) in [6.45, 7) is 0.410. The Kier molecular flexibility index (Phi) is 6.23. The van der Waals surface area contributed by atoms with Crippen LogP contribution in [-0.2, 0) is 16.0 Å². The highest BCUT2D eigenvalue weighted by Crippen LogP contribution is 2.22. The smallest absolute Gasteiger partial charge is 0.316 e. The Morgan fingerprint density at radius 1 is 1.00 bits per heavy atom. The molecule has 0 fully saturated rings. The summed E-state index contributed by atoms with van der Waals surface area (Å²) in [4.78, 5) is 11.8. The quantitative estimate of drug-likeness (QED) is 0.346. The van der Waals surface area contributed by atoms with Crippen LogP contribution in [0.15, 0.2) is 70.3 Å². The van der Waals surface area contributed by atoms with E-state index in [1.54, 1.807) is 0 Å². The number of carbonyl (C=O) groups excluding carboxylic acids is 1. The number of hydrogen-bond donors (Lipinski definition) is 0. The molecule has 5 nitrogen and oxygen atoms in total. The van der Waals surface area contributed by atoms with Gasteiger partial charge in [0.15, 0.2) is 0 Å². The molecule has 0 amide bonds. The molecule has 128 valence electrons. The van der Waals surface area contributed by atoms with Gasteiger partial charge in [-0.1, -0.05) is 60.3 Å². The largest absolute Gasteiger partial charge is 0.465 e. The Bertz CT molecular complexity index is 791. The van der Waals surface area contributed by atoms with E-state index in [1.807, 2.05) is 48.5 Å². The Hall–Kier alpha value is -2.60. The van der Waals surface area contributed by atoms with Gasteiger partial charge in [0.1, 0.15) is 5.75 Å². The summed E-state index contributed by atoms with van der Waals surface area (Å²) in [7, 11) is 0. The van der Waals surface area contributed by atoms with Crippen LogP contribution in [0.5, 0.6) is 0 Å². The molecule has 0 aliphatic carbocycles. The van der Waals surface area contributed by atoms with Crippen molar-refractivity contribution in [2.75, 3.05) is 12.4 Å². The van der Waals surface area contributed by atoms with E-state index in [9.17, 15) is 4.79 Å². The second kappa shape index (κ2) is 9.03. The molecule has 0 spiro atoms. The first-order chi connectivity index (χ1) is 12.3. The average Bonchev–Trinajstić information content (AvgIpc) is 3.14. The highest BCUT2D eigenvalue weighted by atomic mass is 32.2. The van der Waals surface area contributed by atoms with Crippen molar-refractivity contribution in [2.45, 2.75) is 18.1 Å². The maximum absolute atomic E-state index is 11.8. The summed E-state index contributed by atoms with van der Waals surface area (Å²) >= 11 is 1.18. The van der Waals surface area contributed by atoms with Gasteiger partial charge in [-0.3, -0.25) is 4.79 Å². The van der Waals surface area contributed by atoms with E-state index in [0.29, 0.717) is 17.7 Å². The van der Waals surface area contributed by atoms with Gasteiger partial charge in [0.2, 0.25) is 5.89 Å². The van der Waals surface area contributed by atoms with Crippen LogP contribution < -0.4 is 0 Å². The second-order valence-corrected chi connectivity index (χ2v) is 6.26. The predicted molar refractivity (Wildman–Crippen MR) is 96.2 cm³/mol. The van der Waals surface area contributed by atoms with Gasteiger partial charge in [0.25, 0.3) is 5.22 Å². The molecule has 0 saturated carbocycles. The van der Waals surface area contributed by atoms with Crippen molar-refractivity contribution in [3.63, 3.8) is 0 Å². The number of nitrogens with zero attached hydrogens (tertiary/aromatic N) is 2. The Morgan fingerprint density at radius 3 is 2.48 bits per heavy atom. The minimum Gasteiger partial charge on any atom is -0.465 e. The van der Waals surface area contributed by atoms with Gasteiger partial charge in [-0.05, 0) is 30.5 Å². The molecule has 3 rings (SSSR count). The summed E-state index contributed by atoms with van der Waals surface area (Å²) < 4.78 is 10.8. The molecule has 6 heteroatoms. The molecule has 3 aromatic rings. The van der Waals surface area contributed by atoms with Crippen molar-refractivity contribution in [1.29, 1.82) is 0 Å². The van der Waals surface area contributed by atoms with Crippen LogP contribution in [0.4, 0.5) is 0 Å². The third kappa shape index (κ3) is 5.46. The maximum atomic E-state index is 11.8. The molecule has 2 aromatic carbocycles. The zero-order valence-electron chi connectivity index (χ0n) is 13.6. The molecule has 0 saturated heterocycles. The highest BCUT2D eigenvalue weighted by molar-refractivity contribution is 7.99. The molecule has 0 N–H and O–H groups in total. The summed E-state index contributed by atoms with van der Waals surface area (Å²) in [5.41, 5.74) is 2.09. The first-order valence-corrected chi connectivity index (χ1v) is 9.01. The van der Waals surface area contributed by atoms with Crippen molar-refractivity contribution in [1.82, 2.24) is 10.2 Å². The second-order valence-electron chi connectivity index (χ2n) is 5.34. The fourth-order valence-electron chi connectivity index (χ4n) is 2.23. The number of rotatable bonds is 8. The number of aryl methyl sites for hydroxylation is 1. The predicted octanol–water partition coefficient (Wildman–Crippen LogP) is 4.00. The minimum absolute atomic E-state index is 0.155. The molecule has 0 radical (unpaired) electrons. The molecule has 1 aromatic heterocycles. The van der Waals surface area contributed by atoms with Crippen molar-refractivity contribution < 1.29 is 13.9 Å². The molecule has 0 unspecified atom stereocenters. The van der Waals surface area contributed by atoms with Crippen LogP contribution in [0.3, 0.4) is 0 Å². The molecular formula is C19H18N2O3S. The Labute approximate surface area is 150 Å². The molecule has 0 atom stereocenters. The molecule has 25 heavy (non-hydrogen) atoms. The van der Waals surface area contributed by atoms with Gasteiger partial charge < -0.3 is 9.15 Å². The SMILES string of the molecule is O=C(CSc1nnc(-c2ccccc2)o1)OCCCc1ccccc1. The van der Waals surface area contributed by atoms with Crippen molar-refractivity contribution in [3.05, 3.63) is 66.2 Å². The van der Waals surface area contributed by atoms with Gasteiger partial charge in [0, 0.05) is 5.56 Å². The lowest BCUT2D eigenvalue weighted by atomic mass is 10.1. The lowest BCUT2D eigenvalue weighted by molar-refractivity contribution is -0.140. The third-order valence-corrected chi connectivity index (χ3v) is 4.25. The van der Waals surface area contributed by atoms with Gasteiger partial charge in [-0.25, -0.2) is 0 Å². The average molecular weight is 354 g/mol. The van der Waals surface area contributed by atoms with Crippen molar-refractivity contribution in [3.8, 4) is 11.5 Å². The monoisotopic (exact) mass is 354 g/mol. The van der Waals surface area contributed by atoms with E-state index in [0.717, 1.165) is 18.4 Å². The van der Waals surface area contributed by atoms with Gasteiger partial charge in [0.05, 0.1) is 6.61 Å². The van der Waals surface area contributed by atoms with Crippen LogP contribution in [0.1, 0.15) is 12.0 Å². The topological polar surface area (TPSA) is 65.2 Å². The van der Waals surface area contributed by atoms with Crippen molar-refractivity contribution >= 4 is 17.7 Å². The van der Waals surface area contributed by atoms with Crippen LogP contribution in [0.25, 0.3) is 11.5 Å². The number of esters is 1. The Balaban J connectivity index is 1.37. The zero-order chi connectivity index (χ0) is 17.3. The van der Waals surface area contributed by atoms with E-state index < -0.39 is 0 Å². The fraction of sp³-hybridized carbons (Fsp3) is 0.211. The summed E-state index contributed by atoms with van der Waals surface area (Å²) in [6.07, 6.45) is 1.70. The molecular weight excluding hydrogens is 336 g/mol. The molecule has 0 aliphatic heterocycles. The minimum atomic E-state index is -0.280. The van der Waals surface area contributed by atoms with E-state index in [-0.39, 0.29) is 11.7 Å². The first-order valence-electron chi connectivity index (χ1n) is 8.02. The zero-order valence-corrected chi connectivity index (χ0v) is 14.4. The van der Waals surface area contributed by atoms with Gasteiger partial charge >= 0.3 is 5.97 Å². The standard InChI is InChI=1S/C19H18N2O3S/c22-17(23-13-7-10-15-8-3-1-4-9-15)14-25-19-21-20-18(24-19)16-11-5-2-6-12-16/h1-6,8-9,11-12H,7,10,13-14H2. The lowest BCUT2D eigenvalue weighted by Crippen LogP contribution is -2.09. The van der Waals surface area contributed by atoms with E-state index in [1.165, 1.54) is 17.3 Å². The van der Waals surface area contributed by atoms with E-state index >= 15 is 0 Å². The number of ether oxygens (including phenoxy) is 1. The van der Waals surface area contributed by atoms with E-state index in [4.69, 9.17) is 9.15 Å². The highest BCUT2D eigenvalue weighted by Gasteiger charge is 2.11. The van der Waals surface area contributed by atoms with E-state index in [2.05, 4.69) is 22.3 Å². The van der Waals surface area contributed by atoms with Gasteiger partial charge in [-0.15, -0.1) is 10.2 Å². The Morgan fingerprint density at radius 2 is 1.72 bits per heavy atom. The molecule has 0 bridgehead atoms. The summed E-state index contributed by atoms with van der Waals surface area (Å²) in [5.74, 6) is 0.318. The van der Waals surface area contributed by atoms with Crippen LogP contribution in [-0.4, -0.2) is 28.5 Å². The van der Waals surface area contributed by atoms with Crippen LogP contribution in [0.2, 0.25) is 0 Å². The maximum Gasteiger partial charge on any atom is 0.316 e. The van der Waals surface area contributed by atoms with Crippen LogP contribution >= 0.6 is 11.8 Å². The number of hydrogen-bond acceptors (Lipinski definition) is 6. The first kappa shape index (κ1) is 17.2. The normalized spacial score (nSPS) is 10.6. The molecule has 0 aliphatic rings. The number of benzene rings is 2. The third-order valence-electron chi connectivity index (χ3n) is 3.46. The molecule has 1 heterocycles. The lowest BCUT2D eigenvalue weighted by Gasteiger charge is -2.04. The summed E-state index contributed by atoms with van der Waals surface area (Å²) in [6, 6.07) is 19.6. The van der Waals surface area contributed by atoms with Crippen molar-refractivity contribution in [2.24, 2.45) is 0 Å².